The summed E-state index contributed by atoms with van der Waals surface area (Å²) in [7, 11) is -1.96. The number of carbonyl (C=O) groups excluding carboxylic acids is 1. The molecule has 0 aromatic heterocycles. The van der Waals surface area contributed by atoms with E-state index in [0.717, 1.165) is 0 Å². The van der Waals surface area contributed by atoms with Crippen LogP contribution in [0.15, 0.2) is 0 Å². The smallest absolute Gasteiger partial charge is 0.309 e. The van der Waals surface area contributed by atoms with Crippen molar-refractivity contribution in [2.45, 2.75) is 19.3 Å². The average molecular weight is 284 g/mol. The van der Waals surface area contributed by atoms with Crippen molar-refractivity contribution in [2.24, 2.45) is 5.92 Å². The van der Waals surface area contributed by atoms with Gasteiger partial charge in [-0.1, -0.05) is 0 Å². The Morgan fingerprint density at radius 3 is 2.82 bits per heavy atom. The third kappa shape index (κ3) is 4.12. The fourth-order valence-electron chi connectivity index (χ4n) is 1.92. The Morgan fingerprint density at radius 2 is 2.24 bits per heavy atom. The van der Waals surface area contributed by atoms with Gasteiger partial charge in [0.05, 0.1) is 18.8 Å². The van der Waals surface area contributed by atoms with Crippen LogP contribution in [0.5, 0.6) is 0 Å². The standard InChI is InChI=1S/C10H18ClNO4S/c1-16-10(13)9-4-2-6-12(8-9)17(14,15)7-3-5-11/h9H,2-8H2,1H3. The Balaban J connectivity index is 2.63. The van der Waals surface area contributed by atoms with Crippen LogP contribution in [0.3, 0.4) is 0 Å². The van der Waals surface area contributed by atoms with Crippen LogP contribution in [0.2, 0.25) is 0 Å². The Labute approximate surface area is 107 Å². The number of rotatable bonds is 5. The van der Waals surface area contributed by atoms with Crippen LogP contribution in [0.1, 0.15) is 19.3 Å². The molecule has 1 fully saturated rings. The summed E-state index contributed by atoms with van der Waals surface area (Å²) in [6.45, 7) is 0.718. The largest absolute Gasteiger partial charge is 0.469 e. The first-order chi connectivity index (χ1) is 8.01. The Morgan fingerprint density at radius 1 is 1.53 bits per heavy atom. The zero-order valence-corrected chi connectivity index (χ0v) is 11.5. The van der Waals surface area contributed by atoms with Crippen molar-refractivity contribution in [2.75, 3.05) is 31.8 Å². The van der Waals surface area contributed by atoms with Gasteiger partial charge in [0.1, 0.15) is 0 Å². The lowest BCUT2D eigenvalue weighted by Gasteiger charge is -2.30. The maximum Gasteiger partial charge on any atom is 0.309 e. The number of piperidine rings is 1. The van der Waals surface area contributed by atoms with Crippen LogP contribution in [-0.2, 0) is 19.6 Å². The van der Waals surface area contributed by atoms with Crippen molar-refractivity contribution in [3.63, 3.8) is 0 Å². The summed E-state index contributed by atoms with van der Waals surface area (Å²) >= 11 is 5.49. The maximum atomic E-state index is 11.9. The molecule has 0 aliphatic carbocycles. The molecule has 0 saturated carbocycles. The lowest BCUT2D eigenvalue weighted by Crippen LogP contribution is -2.43. The van der Waals surface area contributed by atoms with E-state index in [1.165, 1.54) is 11.4 Å². The number of halogens is 1. The molecule has 1 saturated heterocycles. The molecule has 1 atom stereocenters. The minimum absolute atomic E-state index is 0.0460. The molecule has 1 aliphatic heterocycles. The summed E-state index contributed by atoms with van der Waals surface area (Å²) in [6.07, 6.45) is 1.82. The second-order valence-corrected chi connectivity index (χ2v) is 6.55. The van der Waals surface area contributed by atoms with Gasteiger partial charge in [-0.3, -0.25) is 4.79 Å². The van der Waals surface area contributed by atoms with Gasteiger partial charge in [-0.2, -0.15) is 0 Å². The van der Waals surface area contributed by atoms with E-state index in [0.29, 0.717) is 31.7 Å². The van der Waals surface area contributed by atoms with Crippen LogP contribution in [-0.4, -0.2) is 50.5 Å². The predicted octanol–water partition coefficient (Wildman–Crippen LogP) is 0.830. The molecule has 5 nitrogen and oxygen atoms in total. The number of hydrogen-bond donors (Lipinski definition) is 0. The molecule has 0 amide bonds. The molecule has 1 rings (SSSR count). The lowest BCUT2D eigenvalue weighted by molar-refractivity contribution is -0.146. The van der Waals surface area contributed by atoms with Crippen molar-refractivity contribution in [3.05, 3.63) is 0 Å². The molecule has 7 heteroatoms. The first-order valence-electron chi connectivity index (χ1n) is 5.63. The molecule has 0 aromatic carbocycles. The molecule has 0 aromatic rings. The summed E-state index contributed by atoms with van der Waals surface area (Å²) in [6, 6.07) is 0. The number of esters is 1. The van der Waals surface area contributed by atoms with Gasteiger partial charge in [0.25, 0.3) is 0 Å². The quantitative estimate of drug-likeness (QED) is 0.554. The number of nitrogens with zero attached hydrogens (tertiary/aromatic N) is 1. The highest BCUT2D eigenvalue weighted by atomic mass is 35.5. The van der Waals surface area contributed by atoms with Crippen molar-refractivity contribution < 1.29 is 17.9 Å². The molecule has 0 spiro atoms. The van der Waals surface area contributed by atoms with Crippen molar-refractivity contribution >= 4 is 27.6 Å². The topological polar surface area (TPSA) is 63.7 Å². The van der Waals surface area contributed by atoms with Crippen LogP contribution >= 0.6 is 11.6 Å². The van der Waals surface area contributed by atoms with Crippen LogP contribution < -0.4 is 0 Å². The molecular weight excluding hydrogens is 266 g/mol. The van der Waals surface area contributed by atoms with Gasteiger partial charge in [-0.25, -0.2) is 12.7 Å². The number of ether oxygens (including phenoxy) is 1. The number of sulfonamides is 1. The van der Waals surface area contributed by atoms with E-state index in [1.807, 2.05) is 0 Å². The number of hydrogen-bond acceptors (Lipinski definition) is 4. The normalized spacial score (nSPS) is 22.4. The van der Waals surface area contributed by atoms with Gasteiger partial charge in [-0.15, -0.1) is 11.6 Å². The monoisotopic (exact) mass is 283 g/mol. The predicted molar refractivity (Wildman–Crippen MR) is 65.4 cm³/mol. The fraction of sp³-hybridized carbons (Fsp3) is 0.900. The summed E-state index contributed by atoms with van der Waals surface area (Å²) < 4.78 is 29.9. The Bertz CT molecular complexity index is 357. The summed E-state index contributed by atoms with van der Waals surface area (Å²) in [4.78, 5) is 11.4. The Hall–Kier alpha value is -0.330. The number of carbonyl (C=O) groups is 1. The van der Waals surface area contributed by atoms with Crippen molar-refractivity contribution in [1.29, 1.82) is 0 Å². The SMILES string of the molecule is COC(=O)C1CCCN(S(=O)(=O)CCCCl)C1. The zero-order valence-electron chi connectivity index (χ0n) is 9.89. The maximum absolute atomic E-state index is 11.9. The summed E-state index contributed by atoms with van der Waals surface area (Å²) in [5.41, 5.74) is 0. The molecular formula is C10H18ClNO4S. The lowest BCUT2D eigenvalue weighted by atomic mass is 10.0. The molecule has 1 heterocycles. The molecule has 0 radical (unpaired) electrons. The zero-order chi connectivity index (χ0) is 12.9. The molecule has 0 bridgehead atoms. The van der Waals surface area contributed by atoms with Gasteiger partial charge in [0.15, 0.2) is 0 Å². The third-order valence-electron chi connectivity index (χ3n) is 2.85. The highest BCUT2D eigenvalue weighted by molar-refractivity contribution is 7.89. The fourth-order valence-corrected chi connectivity index (χ4v) is 3.79. The highest BCUT2D eigenvalue weighted by Crippen LogP contribution is 2.20. The second-order valence-electron chi connectivity index (χ2n) is 4.08. The van der Waals surface area contributed by atoms with Crippen molar-refractivity contribution in [3.8, 4) is 0 Å². The van der Waals surface area contributed by atoms with Gasteiger partial charge in [-0.05, 0) is 19.3 Å². The number of alkyl halides is 1. The van der Waals surface area contributed by atoms with Crippen molar-refractivity contribution in [1.82, 2.24) is 4.31 Å². The van der Waals surface area contributed by atoms with Gasteiger partial charge in [0, 0.05) is 19.0 Å². The average Bonchev–Trinajstić information content (AvgIpc) is 2.35. The van der Waals surface area contributed by atoms with E-state index in [9.17, 15) is 13.2 Å². The summed E-state index contributed by atoms with van der Waals surface area (Å²) in [5, 5.41) is 0. The Kier molecular flexibility index (Phi) is 5.69. The van der Waals surface area contributed by atoms with Gasteiger partial charge in [0.2, 0.25) is 10.0 Å². The van der Waals surface area contributed by atoms with Crippen LogP contribution in [0.4, 0.5) is 0 Å². The first kappa shape index (κ1) is 14.7. The molecule has 1 unspecified atom stereocenters. The number of methoxy groups -OCH3 is 1. The van der Waals surface area contributed by atoms with E-state index < -0.39 is 10.0 Å². The van der Waals surface area contributed by atoms with E-state index in [1.54, 1.807) is 0 Å². The molecule has 17 heavy (non-hydrogen) atoms. The minimum Gasteiger partial charge on any atom is -0.469 e. The van der Waals surface area contributed by atoms with Crippen LogP contribution in [0, 0.1) is 5.92 Å². The molecule has 100 valence electrons. The van der Waals surface area contributed by atoms with Gasteiger partial charge >= 0.3 is 5.97 Å². The molecule has 0 N–H and O–H groups in total. The van der Waals surface area contributed by atoms with Crippen LogP contribution in [0.25, 0.3) is 0 Å². The molecule has 1 aliphatic rings. The summed E-state index contributed by atoms with van der Waals surface area (Å²) in [5.74, 6) is -0.292. The second kappa shape index (κ2) is 6.56. The first-order valence-corrected chi connectivity index (χ1v) is 7.77. The highest BCUT2D eigenvalue weighted by Gasteiger charge is 2.32. The minimum atomic E-state index is -3.28. The van der Waals surface area contributed by atoms with E-state index in [2.05, 4.69) is 4.74 Å². The van der Waals surface area contributed by atoms with Gasteiger partial charge < -0.3 is 4.74 Å². The van der Waals surface area contributed by atoms with E-state index >= 15 is 0 Å². The third-order valence-corrected chi connectivity index (χ3v) is 5.04. The van der Waals surface area contributed by atoms with E-state index in [4.69, 9.17) is 11.6 Å². The van der Waals surface area contributed by atoms with E-state index in [-0.39, 0.29) is 24.2 Å².